The normalized spacial score (nSPS) is 38.8. The van der Waals surface area contributed by atoms with E-state index in [4.69, 9.17) is 9.16 Å². The Labute approximate surface area is 252 Å². The molecule has 0 spiro atoms. The van der Waals surface area contributed by atoms with E-state index in [9.17, 15) is 5.26 Å². The van der Waals surface area contributed by atoms with Crippen LogP contribution in [0, 0.1) is 52.3 Å². The minimum atomic E-state index is -1.81. The molecule has 41 heavy (non-hydrogen) atoms. The third-order valence-electron chi connectivity index (χ3n) is 13.5. The van der Waals surface area contributed by atoms with Crippen molar-refractivity contribution in [3.05, 3.63) is 18.0 Å². The molecule has 0 unspecified atom stereocenters. The number of hydrogen-bond donors (Lipinski definition) is 0. The van der Waals surface area contributed by atoms with Gasteiger partial charge in [0.25, 0.3) is 0 Å². The quantitative estimate of drug-likeness (QED) is 0.287. The number of fused-ring (bicyclic) bond motifs is 5. The highest BCUT2D eigenvalue weighted by Gasteiger charge is 2.61. The largest absolute Gasteiger partial charge is 0.411 e. The van der Waals surface area contributed by atoms with Crippen LogP contribution in [-0.2, 0) is 15.7 Å². The maximum absolute atomic E-state index is 9.30. The minimum absolute atomic E-state index is 0.117. The van der Waals surface area contributed by atoms with Crippen LogP contribution in [0.3, 0.4) is 0 Å². The van der Waals surface area contributed by atoms with Crippen LogP contribution in [0.1, 0.15) is 118 Å². The van der Waals surface area contributed by atoms with Crippen LogP contribution in [0.15, 0.2) is 12.4 Å². The Morgan fingerprint density at radius 3 is 2.41 bits per heavy atom. The molecule has 4 aliphatic rings. The molecule has 0 N–H and O–H groups in total. The minimum Gasteiger partial charge on any atom is -0.411 e. The van der Waals surface area contributed by atoms with Gasteiger partial charge in [-0.15, -0.1) is 0 Å². The Balaban J connectivity index is 1.31. The fourth-order valence-electron chi connectivity index (χ4n) is 10.6. The van der Waals surface area contributed by atoms with Crippen molar-refractivity contribution in [3.8, 4) is 6.07 Å². The Hall–Kier alpha value is -1.16. The highest BCUT2D eigenvalue weighted by atomic mass is 28.4. The first-order valence-corrected chi connectivity index (χ1v) is 19.8. The third kappa shape index (κ3) is 5.51. The molecule has 9 atom stereocenters. The van der Waals surface area contributed by atoms with Crippen LogP contribution in [0.5, 0.6) is 0 Å². The first kappa shape index (κ1) is 31.3. The van der Waals surface area contributed by atoms with Crippen LogP contribution < -0.4 is 0 Å². The van der Waals surface area contributed by atoms with E-state index in [-0.39, 0.29) is 16.2 Å². The number of methoxy groups -OCH3 is 1. The van der Waals surface area contributed by atoms with Crippen molar-refractivity contribution in [3.63, 3.8) is 0 Å². The number of nitriles is 1. The van der Waals surface area contributed by atoms with E-state index in [0.717, 1.165) is 29.6 Å². The molecular weight excluding hydrogens is 522 g/mol. The molecule has 6 heteroatoms. The smallest absolute Gasteiger partial charge is 0.192 e. The van der Waals surface area contributed by atoms with Crippen LogP contribution in [-0.4, -0.2) is 36.4 Å². The molecule has 0 aromatic carbocycles. The molecule has 1 aromatic heterocycles. The molecule has 0 aliphatic heterocycles. The molecule has 0 saturated heterocycles. The molecular formula is C35H59N3O2Si. The van der Waals surface area contributed by atoms with E-state index in [1.807, 2.05) is 18.0 Å². The Morgan fingerprint density at radius 1 is 1.05 bits per heavy atom. The van der Waals surface area contributed by atoms with Gasteiger partial charge in [-0.1, -0.05) is 41.0 Å². The Morgan fingerprint density at radius 2 is 1.78 bits per heavy atom. The van der Waals surface area contributed by atoms with Crippen LogP contribution in [0.2, 0.25) is 18.1 Å². The summed E-state index contributed by atoms with van der Waals surface area (Å²) in [5.74, 6) is 4.83. The zero-order chi connectivity index (χ0) is 29.8. The number of ether oxygens (including phenoxy) is 1. The molecule has 1 aromatic rings. The summed E-state index contributed by atoms with van der Waals surface area (Å²) in [6, 6.07) is 2.23. The maximum atomic E-state index is 9.30. The summed E-state index contributed by atoms with van der Waals surface area (Å²) in [6.07, 6.45) is 18.1. The van der Waals surface area contributed by atoms with Crippen molar-refractivity contribution in [1.82, 2.24) is 9.78 Å². The average Bonchev–Trinajstić information content (AvgIpc) is 3.51. The van der Waals surface area contributed by atoms with Gasteiger partial charge in [0, 0.05) is 13.3 Å². The number of nitrogens with zero attached hydrogens (tertiary/aromatic N) is 3. The molecule has 230 valence electrons. The second kappa shape index (κ2) is 11.1. The molecule has 4 fully saturated rings. The molecule has 4 saturated carbocycles. The summed E-state index contributed by atoms with van der Waals surface area (Å²) in [4.78, 5) is 0. The molecule has 1 heterocycles. The van der Waals surface area contributed by atoms with Crippen molar-refractivity contribution in [2.24, 2.45) is 40.9 Å². The molecule has 0 bridgehead atoms. The zero-order valence-corrected chi connectivity index (χ0v) is 28.8. The van der Waals surface area contributed by atoms with Gasteiger partial charge in [-0.05, 0) is 130 Å². The van der Waals surface area contributed by atoms with Crippen LogP contribution in [0.25, 0.3) is 0 Å². The lowest BCUT2D eigenvalue weighted by Gasteiger charge is -2.59. The first-order valence-electron chi connectivity index (χ1n) is 16.9. The fourth-order valence-corrected chi connectivity index (χ4v) is 12.3. The van der Waals surface area contributed by atoms with Gasteiger partial charge < -0.3 is 9.16 Å². The Kier molecular flexibility index (Phi) is 8.45. The monoisotopic (exact) mass is 581 g/mol. The summed E-state index contributed by atoms with van der Waals surface area (Å²) < 4.78 is 15.7. The van der Waals surface area contributed by atoms with Gasteiger partial charge in [-0.2, -0.15) is 10.4 Å². The van der Waals surface area contributed by atoms with Gasteiger partial charge in [0.2, 0.25) is 0 Å². The number of aromatic nitrogens is 2. The average molecular weight is 582 g/mol. The van der Waals surface area contributed by atoms with Gasteiger partial charge >= 0.3 is 0 Å². The van der Waals surface area contributed by atoms with E-state index in [0.29, 0.717) is 23.4 Å². The van der Waals surface area contributed by atoms with Gasteiger partial charge in [-0.25, -0.2) is 0 Å². The van der Waals surface area contributed by atoms with Gasteiger partial charge in [0.15, 0.2) is 8.32 Å². The van der Waals surface area contributed by atoms with Crippen molar-refractivity contribution >= 4 is 8.32 Å². The molecule has 4 aliphatic carbocycles. The van der Waals surface area contributed by atoms with E-state index < -0.39 is 8.32 Å². The van der Waals surface area contributed by atoms with Crippen molar-refractivity contribution < 1.29 is 9.16 Å². The predicted molar refractivity (Wildman–Crippen MR) is 169 cm³/mol. The summed E-state index contributed by atoms with van der Waals surface area (Å²) in [5, 5.41) is 14.1. The number of rotatable bonds is 8. The highest BCUT2D eigenvalue weighted by Crippen LogP contribution is 2.67. The van der Waals surface area contributed by atoms with E-state index in [2.05, 4.69) is 65.8 Å². The highest BCUT2D eigenvalue weighted by molar-refractivity contribution is 6.74. The summed E-state index contributed by atoms with van der Waals surface area (Å²) in [5.41, 5.74) is 0.779. The molecule has 0 radical (unpaired) electrons. The second-order valence-corrected chi connectivity index (χ2v) is 21.4. The molecule has 0 amide bonds. The Bertz CT molecular complexity index is 1120. The summed E-state index contributed by atoms with van der Waals surface area (Å²) in [6.45, 7) is 20.1. The molecule has 5 rings (SSSR count). The van der Waals surface area contributed by atoms with Gasteiger partial charge in [-0.3, -0.25) is 4.68 Å². The third-order valence-corrected chi connectivity index (χ3v) is 18.1. The first-order chi connectivity index (χ1) is 19.2. The topological polar surface area (TPSA) is 60.1 Å². The van der Waals surface area contributed by atoms with E-state index in [1.54, 1.807) is 6.20 Å². The SMILES string of the molecule is CCC[C@@]1(O[Si](C)(C)C(C)(C)C)CC[C@H]2[C@H](CC[C@@H]3[C@@H]2CC[C@@]2(C)[C@H]3CC[C@@H]2[C@@](C)(Cn2cc(C#N)cn2)OC)C1. The van der Waals surface area contributed by atoms with Crippen LogP contribution >= 0.6 is 0 Å². The van der Waals surface area contributed by atoms with Crippen molar-refractivity contribution in [1.29, 1.82) is 5.26 Å². The summed E-state index contributed by atoms with van der Waals surface area (Å²) in [7, 11) is 0.0746. The zero-order valence-electron chi connectivity index (χ0n) is 27.8. The fraction of sp³-hybridized carbons (Fsp3) is 0.886. The van der Waals surface area contributed by atoms with Crippen molar-refractivity contribution in [2.75, 3.05) is 7.11 Å². The van der Waals surface area contributed by atoms with E-state index in [1.165, 1.54) is 70.6 Å². The lowest BCUT2D eigenvalue weighted by molar-refractivity contribution is -0.137. The standard InChI is InChI=1S/C35H59N3O2Si/c1-10-17-35(40-41(8,9)32(2,3)4)19-16-27-26(20-35)11-12-29-28(27)15-18-33(5)30(29)13-14-31(33)34(6,39-7)24-38-23-25(21-36)22-37-38/h22-23,26-31H,10-20,24H2,1-9H3/t26-,27+,28-,29-,30+,31+,33+,34-,35-/m1/s1. The van der Waals surface area contributed by atoms with Gasteiger partial charge in [0.05, 0.1) is 29.5 Å². The van der Waals surface area contributed by atoms with E-state index >= 15 is 0 Å². The molecule has 5 nitrogen and oxygen atoms in total. The lowest BCUT2D eigenvalue weighted by atomic mass is 9.48. The number of hydrogen-bond acceptors (Lipinski definition) is 4. The second-order valence-electron chi connectivity index (χ2n) is 16.7. The van der Waals surface area contributed by atoms with Gasteiger partial charge in [0.1, 0.15) is 6.07 Å². The predicted octanol–water partition coefficient (Wildman–Crippen LogP) is 8.99. The lowest BCUT2D eigenvalue weighted by Crippen LogP contribution is -2.56. The van der Waals surface area contributed by atoms with Crippen molar-refractivity contribution in [2.45, 2.75) is 148 Å². The summed E-state index contributed by atoms with van der Waals surface area (Å²) >= 11 is 0. The van der Waals surface area contributed by atoms with Crippen LogP contribution in [0.4, 0.5) is 0 Å². The maximum Gasteiger partial charge on any atom is 0.192 e.